The number of hydrogen-bond acceptors (Lipinski definition) is 1. The molecule has 0 aliphatic rings. The number of rotatable bonds is 5. The molecule has 0 spiro atoms. The van der Waals surface area contributed by atoms with E-state index in [1.807, 2.05) is 12.3 Å². The second-order valence-corrected chi connectivity index (χ2v) is 6.20. The molecule has 1 aromatic heterocycles. The van der Waals surface area contributed by atoms with Crippen LogP contribution in [0.3, 0.4) is 0 Å². The Labute approximate surface area is 133 Å². The molecule has 1 atom stereocenters. The Kier molecular flexibility index (Phi) is 4.53. The maximum atomic E-state index is 4.55. The molecule has 0 N–H and O–H groups in total. The lowest BCUT2D eigenvalue weighted by Crippen LogP contribution is -1.96. The van der Waals surface area contributed by atoms with E-state index >= 15 is 0 Å². The van der Waals surface area contributed by atoms with Crippen molar-refractivity contribution in [1.82, 2.24) is 4.98 Å². The molecule has 0 aliphatic heterocycles. The molecule has 0 saturated carbocycles. The van der Waals surface area contributed by atoms with Crippen LogP contribution in [0.5, 0.6) is 0 Å². The van der Waals surface area contributed by atoms with Crippen molar-refractivity contribution in [2.24, 2.45) is 0 Å². The summed E-state index contributed by atoms with van der Waals surface area (Å²) >= 11 is 0. The van der Waals surface area contributed by atoms with Crippen LogP contribution >= 0.6 is 0 Å². The zero-order valence-electron chi connectivity index (χ0n) is 13.4. The van der Waals surface area contributed by atoms with Gasteiger partial charge in [0.15, 0.2) is 0 Å². The maximum absolute atomic E-state index is 4.55. The van der Waals surface area contributed by atoms with Crippen LogP contribution < -0.4 is 0 Å². The van der Waals surface area contributed by atoms with Crippen molar-refractivity contribution < 1.29 is 0 Å². The summed E-state index contributed by atoms with van der Waals surface area (Å²) in [6.45, 7) is 4.47. The van der Waals surface area contributed by atoms with Crippen molar-refractivity contribution in [3.05, 3.63) is 77.5 Å². The van der Waals surface area contributed by atoms with Crippen molar-refractivity contribution in [2.75, 3.05) is 0 Å². The summed E-state index contributed by atoms with van der Waals surface area (Å²) in [5.74, 6) is 0.614. The van der Waals surface area contributed by atoms with Gasteiger partial charge in [-0.05, 0) is 49.3 Å². The van der Waals surface area contributed by atoms with Gasteiger partial charge in [0.2, 0.25) is 0 Å². The quantitative estimate of drug-likeness (QED) is 0.589. The number of hydrogen-bond donors (Lipinski definition) is 0. The van der Waals surface area contributed by atoms with E-state index in [0.29, 0.717) is 5.92 Å². The monoisotopic (exact) mass is 289 g/mol. The van der Waals surface area contributed by atoms with E-state index in [1.54, 1.807) is 0 Å². The van der Waals surface area contributed by atoms with Crippen LogP contribution in [0.4, 0.5) is 0 Å². The fourth-order valence-corrected chi connectivity index (χ4v) is 3.03. The normalized spacial score (nSPS) is 12.5. The minimum Gasteiger partial charge on any atom is -0.256 e. The number of pyridine rings is 1. The Morgan fingerprint density at radius 1 is 0.955 bits per heavy atom. The second kappa shape index (κ2) is 6.74. The highest BCUT2D eigenvalue weighted by Crippen LogP contribution is 2.23. The number of para-hydroxylation sites is 1. The molecule has 0 bridgehead atoms. The molecule has 0 saturated heterocycles. The maximum Gasteiger partial charge on any atom is 0.0733 e. The topological polar surface area (TPSA) is 12.9 Å². The summed E-state index contributed by atoms with van der Waals surface area (Å²) in [6, 6.07) is 19.6. The van der Waals surface area contributed by atoms with Crippen LogP contribution in [0.15, 0.2) is 60.8 Å². The van der Waals surface area contributed by atoms with Gasteiger partial charge in [-0.3, -0.25) is 4.98 Å². The Bertz CT molecular complexity index is 738. The third-order valence-corrected chi connectivity index (χ3v) is 4.45. The van der Waals surface area contributed by atoms with Crippen molar-refractivity contribution in [1.29, 1.82) is 0 Å². The average molecular weight is 289 g/mol. The molecule has 1 heteroatoms. The van der Waals surface area contributed by atoms with E-state index < -0.39 is 0 Å². The second-order valence-electron chi connectivity index (χ2n) is 6.20. The Morgan fingerprint density at radius 3 is 2.55 bits per heavy atom. The molecule has 3 rings (SSSR count). The van der Waals surface area contributed by atoms with Crippen LogP contribution in [-0.4, -0.2) is 4.98 Å². The van der Waals surface area contributed by atoms with E-state index in [0.717, 1.165) is 11.9 Å². The van der Waals surface area contributed by atoms with Gasteiger partial charge in [0.25, 0.3) is 0 Å². The minimum atomic E-state index is 0.614. The molecule has 1 nitrogen and oxygen atoms in total. The van der Waals surface area contributed by atoms with Gasteiger partial charge < -0.3 is 0 Å². The molecule has 0 fully saturated rings. The Balaban J connectivity index is 1.63. The SMILES string of the molecule is Cc1ccc(C(C)CCCc2cccc3cccnc23)cc1. The Hall–Kier alpha value is -2.15. The van der Waals surface area contributed by atoms with E-state index in [9.17, 15) is 0 Å². The van der Waals surface area contributed by atoms with Crippen LogP contribution in [0, 0.1) is 6.92 Å². The van der Waals surface area contributed by atoms with Crippen LogP contribution in [0.2, 0.25) is 0 Å². The number of aryl methyl sites for hydroxylation is 2. The molecule has 1 unspecified atom stereocenters. The minimum absolute atomic E-state index is 0.614. The largest absolute Gasteiger partial charge is 0.256 e. The third-order valence-electron chi connectivity index (χ3n) is 4.45. The number of fused-ring (bicyclic) bond motifs is 1. The number of nitrogens with zero attached hydrogens (tertiary/aromatic N) is 1. The standard InChI is InChI=1S/C21H23N/c1-16-11-13-18(14-12-16)17(2)6-3-7-19-8-4-9-20-10-5-15-22-21(19)20/h4-5,8-15,17H,3,6-7H2,1-2H3. The smallest absolute Gasteiger partial charge is 0.0733 e. The zero-order valence-corrected chi connectivity index (χ0v) is 13.4. The predicted molar refractivity (Wildman–Crippen MR) is 94.3 cm³/mol. The van der Waals surface area contributed by atoms with E-state index in [4.69, 9.17) is 0 Å². The molecule has 1 heterocycles. The summed E-state index contributed by atoms with van der Waals surface area (Å²) in [7, 11) is 0. The van der Waals surface area contributed by atoms with Gasteiger partial charge in [-0.25, -0.2) is 0 Å². The van der Waals surface area contributed by atoms with Crippen molar-refractivity contribution in [2.45, 2.75) is 39.0 Å². The van der Waals surface area contributed by atoms with Gasteiger partial charge in [-0.15, -0.1) is 0 Å². The molecule has 2 aromatic carbocycles. The predicted octanol–water partition coefficient (Wildman–Crippen LogP) is 5.67. The fraction of sp³-hybridized carbons (Fsp3) is 0.286. The first-order valence-electron chi connectivity index (χ1n) is 8.13. The van der Waals surface area contributed by atoms with Crippen LogP contribution in [0.1, 0.15) is 42.4 Å². The lowest BCUT2D eigenvalue weighted by Gasteiger charge is -2.12. The fourth-order valence-electron chi connectivity index (χ4n) is 3.03. The highest BCUT2D eigenvalue weighted by atomic mass is 14.6. The zero-order chi connectivity index (χ0) is 15.4. The van der Waals surface area contributed by atoms with Gasteiger partial charge in [0, 0.05) is 11.6 Å². The molecule has 0 radical (unpaired) electrons. The van der Waals surface area contributed by atoms with Gasteiger partial charge in [-0.2, -0.15) is 0 Å². The summed E-state index contributed by atoms with van der Waals surface area (Å²) in [5.41, 5.74) is 5.31. The molecule has 0 aliphatic carbocycles. The highest BCUT2D eigenvalue weighted by Gasteiger charge is 2.07. The summed E-state index contributed by atoms with van der Waals surface area (Å²) < 4.78 is 0. The van der Waals surface area contributed by atoms with Gasteiger partial charge in [0.05, 0.1) is 5.52 Å². The summed E-state index contributed by atoms with van der Waals surface area (Å²) in [4.78, 5) is 4.55. The molecule has 3 aromatic rings. The van der Waals surface area contributed by atoms with Gasteiger partial charge in [0.1, 0.15) is 0 Å². The van der Waals surface area contributed by atoms with Gasteiger partial charge in [-0.1, -0.05) is 61.0 Å². The first-order chi connectivity index (χ1) is 10.7. The van der Waals surface area contributed by atoms with Crippen LogP contribution in [-0.2, 0) is 6.42 Å². The van der Waals surface area contributed by atoms with Gasteiger partial charge >= 0.3 is 0 Å². The average Bonchev–Trinajstić information content (AvgIpc) is 2.55. The van der Waals surface area contributed by atoms with E-state index in [2.05, 4.69) is 67.4 Å². The number of benzene rings is 2. The Morgan fingerprint density at radius 2 is 1.73 bits per heavy atom. The third kappa shape index (κ3) is 3.36. The highest BCUT2D eigenvalue weighted by molar-refractivity contribution is 5.81. The van der Waals surface area contributed by atoms with E-state index in [1.165, 1.54) is 34.9 Å². The molecule has 22 heavy (non-hydrogen) atoms. The lowest BCUT2D eigenvalue weighted by atomic mass is 9.93. The first-order valence-corrected chi connectivity index (χ1v) is 8.13. The van der Waals surface area contributed by atoms with E-state index in [-0.39, 0.29) is 0 Å². The first kappa shape index (κ1) is 14.8. The van der Waals surface area contributed by atoms with Crippen molar-refractivity contribution in [3.8, 4) is 0 Å². The summed E-state index contributed by atoms with van der Waals surface area (Å²) in [6.07, 6.45) is 5.41. The summed E-state index contributed by atoms with van der Waals surface area (Å²) in [5, 5.41) is 1.24. The van der Waals surface area contributed by atoms with Crippen LogP contribution in [0.25, 0.3) is 10.9 Å². The van der Waals surface area contributed by atoms with Crippen molar-refractivity contribution in [3.63, 3.8) is 0 Å². The van der Waals surface area contributed by atoms with Crippen molar-refractivity contribution >= 4 is 10.9 Å². The number of aromatic nitrogens is 1. The lowest BCUT2D eigenvalue weighted by molar-refractivity contribution is 0.634. The molecule has 0 amide bonds. The molecular weight excluding hydrogens is 266 g/mol. The molecular formula is C21H23N. The molecule has 112 valence electrons.